The Labute approximate surface area is 243 Å². The number of imidazole rings is 1. The van der Waals surface area contributed by atoms with Gasteiger partial charge in [-0.1, -0.05) is 36.4 Å². The number of piperidine rings is 1. The van der Waals surface area contributed by atoms with Gasteiger partial charge in [-0.2, -0.15) is 0 Å². The number of nitrogens with zero attached hydrogens (tertiary/aromatic N) is 3. The highest BCUT2D eigenvalue weighted by Gasteiger charge is 2.28. The van der Waals surface area contributed by atoms with Crippen LogP contribution in [0.3, 0.4) is 0 Å². The van der Waals surface area contributed by atoms with E-state index in [9.17, 15) is 13.6 Å². The normalized spacial score (nSPS) is 13.8. The number of ether oxygens (including phenoxy) is 2. The molecule has 0 unspecified atom stereocenters. The van der Waals surface area contributed by atoms with Crippen LogP contribution < -0.4 is 9.47 Å². The Morgan fingerprint density at radius 2 is 1.52 bits per heavy atom. The van der Waals surface area contributed by atoms with Crippen LogP contribution >= 0.6 is 0 Å². The van der Waals surface area contributed by atoms with Crippen molar-refractivity contribution in [3.8, 4) is 11.5 Å². The quantitative estimate of drug-likeness (QED) is 0.203. The third kappa shape index (κ3) is 5.84. The number of benzene rings is 4. The van der Waals surface area contributed by atoms with E-state index in [1.54, 1.807) is 30.3 Å². The standard InChI is InChI=1S/C34H31F2N3O3/c1-41-32-20-26(10-15-31(32)42-22-24-8-13-28(36)14-9-24)34(40)38-18-16-25(17-19-38)33-37-29-4-2-3-5-30(29)39(33)21-23-6-11-27(35)12-7-23/h2-15,20,25H,16-19,21-22H2,1H3. The minimum Gasteiger partial charge on any atom is -0.493 e. The second-order valence-electron chi connectivity index (χ2n) is 10.5. The second kappa shape index (κ2) is 12.0. The van der Waals surface area contributed by atoms with Crippen LogP contribution in [0.5, 0.6) is 11.5 Å². The van der Waals surface area contributed by atoms with Gasteiger partial charge in [-0.15, -0.1) is 0 Å². The summed E-state index contributed by atoms with van der Waals surface area (Å²) in [6.45, 7) is 2.07. The van der Waals surface area contributed by atoms with Crippen LogP contribution in [0.2, 0.25) is 0 Å². The van der Waals surface area contributed by atoms with Crippen LogP contribution in [0.1, 0.15) is 46.1 Å². The molecule has 8 heteroatoms. The summed E-state index contributed by atoms with van der Waals surface area (Å²) in [6, 6.07) is 26.0. The summed E-state index contributed by atoms with van der Waals surface area (Å²) in [5.74, 6) is 1.56. The van der Waals surface area contributed by atoms with Crippen LogP contribution in [0.15, 0.2) is 91.0 Å². The number of carbonyl (C=O) groups is 1. The van der Waals surface area contributed by atoms with Gasteiger partial charge in [0.05, 0.1) is 18.1 Å². The Morgan fingerprint density at radius 3 is 2.21 bits per heavy atom. The maximum Gasteiger partial charge on any atom is 0.253 e. The van der Waals surface area contributed by atoms with Gasteiger partial charge in [0.25, 0.3) is 5.91 Å². The molecular weight excluding hydrogens is 536 g/mol. The predicted molar refractivity (Wildman–Crippen MR) is 157 cm³/mol. The van der Waals surface area contributed by atoms with Crippen LogP contribution in [-0.2, 0) is 13.2 Å². The largest absolute Gasteiger partial charge is 0.493 e. The van der Waals surface area contributed by atoms with Crippen molar-refractivity contribution < 1.29 is 23.0 Å². The zero-order valence-electron chi connectivity index (χ0n) is 23.3. The first-order valence-electron chi connectivity index (χ1n) is 14.0. The number of aromatic nitrogens is 2. The topological polar surface area (TPSA) is 56.6 Å². The van der Waals surface area contributed by atoms with Gasteiger partial charge in [-0.05, 0) is 78.6 Å². The molecule has 0 bridgehead atoms. The molecule has 1 amide bonds. The van der Waals surface area contributed by atoms with Crippen molar-refractivity contribution in [1.82, 2.24) is 14.5 Å². The van der Waals surface area contributed by atoms with Gasteiger partial charge in [-0.25, -0.2) is 13.8 Å². The lowest BCUT2D eigenvalue weighted by Gasteiger charge is -2.32. The Bertz CT molecular complexity index is 1690. The molecule has 4 aromatic carbocycles. The molecular formula is C34H31F2N3O3. The first kappa shape index (κ1) is 27.4. The molecule has 0 atom stereocenters. The van der Waals surface area contributed by atoms with E-state index in [2.05, 4.69) is 10.6 Å². The lowest BCUT2D eigenvalue weighted by atomic mass is 9.95. The molecule has 6 rings (SSSR count). The molecule has 1 aliphatic heterocycles. The number of hydrogen-bond acceptors (Lipinski definition) is 4. The maximum atomic E-state index is 13.5. The predicted octanol–water partition coefficient (Wildman–Crippen LogP) is 6.97. The fourth-order valence-corrected chi connectivity index (χ4v) is 5.53. The van der Waals surface area contributed by atoms with Gasteiger partial charge in [0.15, 0.2) is 11.5 Å². The summed E-state index contributed by atoms with van der Waals surface area (Å²) >= 11 is 0. The van der Waals surface area contributed by atoms with Gasteiger partial charge in [-0.3, -0.25) is 4.79 Å². The van der Waals surface area contributed by atoms with E-state index in [0.29, 0.717) is 36.7 Å². The monoisotopic (exact) mass is 567 g/mol. The number of para-hydroxylation sites is 2. The summed E-state index contributed by atoms with van der Waals surface area (Å²) in [7, 11) is 1.54. The molecule has 0 radical (unpaired) electrons. The molecule has 1 saturated heterocycles. The third-order valence-corrected chi connectivity index (χ3v) is 7.80. The summed E-state index contributed by atoms with van der Waals surface area (Å²) in [5.41, 5.74) is 4.34. The van der Waals surface area contributed by atoms with Gasteiger partial charge in [0.2, 0.25) is 0 Å². The summed E-state index contributed by atoms with van der Waals surface area (Å²) in [4.78, 5) is 20.3. The van der Waals surface area contributed by atoms with Gasteiger partial charge in [0, 0.05) is 31.1 Å². The van der Waals surface area contributed by atoms with Crippen molar-refractivity contribution in [2.45, 2.75) is 31.9 Å². The van der Waals surface area contributed by atoms with Crippen LogP contribution in [-0.4, -0.2) is 40.6 Å². The van der Waals surface area contributed by atoms with E-state index in [-0.39, 0.29) is 30.1 Å². The van der Waals surface area contributed by atoms with E-state index in [1.165, 1.54) is 31.4 Å². The van der Waals surface area contributed by atoms with Crippen molar-refractivity contribution in [2.75, 3.05) is 20.2 Å². The molecule has 0 N–H and O–H groups in total. The SMILES string of the molecule is COc1cc(C(=O)N2CCC(c3nc4ccccc4n3Cc3ccc(F)cc3)CC2)ccc1OCc1ccc(F)cc1. The molecule has 0 aliphatic carbocycles. The van der Waals surface area contributed by atoms with E-state index in [1.807, 2.05) is 35.2 Å². The van der Waals surface area contributed by atoms with Crippen LogP contribution in [0, 0.1) is 11.6 Å². The average molecular weight is 568 g/mol. The van der Waals surface area contributed by atoms with Crippen LogP contribution in [0.4, 0.5) is 8.78 Å². The van der Waals surface area contributed by atoms with Crippen molar-refractivity contribution in [3.05, 3.63) is 125 Å². The molecule has 0 spiro atoms. The number of carbonyl (C=O) groups excluding carboxylic acids is 1. The highest BCUT2D eigenvalue weighted by Crippen LogP contribution is 2.33. The highest BCUT2D eigenvalue weighted by molar-refractivity contribution is 5.95. The second-order valence-corrected chi connectivity index (χ2v) is 10.5. The smallest absolute Gasteiger partial charge is 0.253 e. The Hall–Kier alpha value is -4.72. The lowest BCUT2D eigenvalue weighted by Crippen LogP contribution is -2.38. The highest BCUT2D eigenvalue weighted by atomic mass is 19.1. The van der Waals surface area contributed by atoms with E-state index >= 15 is 0 Å². The van der Waals surface area contributed by atoms with Crippen molar-refractivity contribution in [3.63, 3.8) is 0 Å². The van der Waals surface area contributed by atoms with Crippen molar-refractivity contribution in [2.24, 2.45) is 0 Å². The molecule has 1 aromatic heterocycles. The minimum absolute atomic E-state index is 0.0587. The summed E-state index contributed by atoms with van der Waals surface area (Å²) in [6.07, 6.45) is 1.57. The zero-order chi connectivity index (χ0) is 29.1. The summed E-state index contributed by atoms with van der Waals surface area (Å²) in [5, 5.41) is 0. The molecule has 0 saturated carbocycles. The lowest BCUT2D eigenvalue weighted by molar-refractivity contribution is 0.0710. The molecule has 6 nitrogen and oxygen atoms in total. The number of methoxy groups -OCH3 is 1. The average Bonchev–Trinajstić information content (AvgIpc) is 3.39. The van der Waals surface area contributed by atoms with E-state index in [0.717, 1.165) is 40.8 Å². The molecule has 1 aliphatic rings. The number of likely N-dealkylation sites (tertiary alicyclic amines) is 1. The van der Waals surface area contributed by atoms with Gasteiger partial charge in [0.1, 0.15) is 24.1 Å². The molecule has 42 heavy (non-hydrogen) atoms. The van der Waals surface area contributed by atoms with E-state index in [4.69, 9.17) is 14.5 Å². The molecule has 1 fully saturated rings. The fourth-order valence-electron chi connectivity index (χ4n) is 5.53. The Morgan fingerprint density at radius 1 is 0.857 bits per heavy atom. The first-order valence-corrected chi connectivity index (χ1v) is 14.0. The third-order valence-electron chi connectivity index (χ3n) is 7.80. The number of hydrogen-bond donors (Lipinski definition) is 0. The zero-order valence-corrected chi connectivity index (χ0v) is 23.3. The minimum atomic E-state index is -0.299. The van der Waals surface area contributed by atoms with E-state index < -0.39 is 0 Å². The van der Waals surface area contributed by atoms with Crippen LogP contribution in [0.25, 0.3) is 11.0 Å². The molecule has 214 valence electrons. The fraction of sp³-hybridized carbons (Fsp3) is 0.235. The number of fused-ring (bicyclic) bond motifs is 1. The number of rotatable bonds is 8. The van der Waals surface area contributed by atoms with Gasteiger partial charge < -0.3 is 18.9 Å². The number of amides is 1. The van der Waals surface area contributed by atoms with Crippen molar-refractivity contribution in [1.29, 1.82) is 0 Å². The molecule has 5 aromatic rings. The Balaban J connectivity index is 1.14. The first-order chi connectivity index (χ1) is 20.5. The van der Waals surface area contributed by atoms with Crippen molar-refractivity contribution >= 4 is 16.9 Å². The molecule has 2 heterocycles. The maximum absolute atomic E-state index is 13.5. The van der Waals surface area contributed by atoms with Gasteiger partial charge >= 0.3 is 0 Å². The Kier molecular flexibility index (Phi) is 7.86. The summed E-state index contributed by atoms with van der Waals surface area (Å²) < 4.78 is 40.3. The number of halogens is 2.